The van der Waals surface area contributed by atoms with Gasteiger partial charge in [-0.05, 0) is 26.7 Å². The molecule has 7 nitrogen and oxygen atoms in total. The van der Waals surface area contributed by atoms with Crippen LogP contribution in [0.1, 0.15) is 26.7 Å². The number of hydrogen-bond acceptors (Lipinski definition) is 4. The van der Waals surface area contributed by atoms with E-state index in [0.717, 1.165) is 4.90 Å². The maximum Gasteiger partial charge on any atom is 0.416 e. The summed E-state index contributed by atoms with van der Waals surface area (Å²) in [7, 11) is 0. The molecule has 0 radical (unpaired) electrons. The van der Waals surface area contributed by atoms with Gasteiger partial charge in [0.05, 0.1) is 12.5 Å². The summed E-state index contributed by atoms with van der Waals surface area (Å²) in [5, 5.41) is 8.94. The summed E-state index contributed by atoms with van der Waals surface area (Å²) in [6, 6.07) is 0. The molecule has 1 heterocycles. The van der Waals surface area contributed by atoms with E-state index in [1.165, 1.54) is 4.90 Å². The van der Waals surface area contributed by atoms with Crippen LogP contribution in [0.3, 0.4) is 0 Å². The molecule has 0 saturated carbocycles. The van der Waals surface area contributed by atoms with Crippen LogP contribution < -0.4 is 0 Å². The lowest BCUT2D eigenvalue weighted by atomic mass is 9.97. The van der Waals surface area contributed by atoms with E-state index in [-0.39, 0.29) is 25.6 Å². The Balaban J connectivity index is 2.69. The monoisotopic (exact) mass is 272 g/mol. The molecular weight excluding hydrogens is 252 g/mol. The molecule has 1 aliphatic heterocycles. The zero-order valence-corrected chi connectivity index (χ0v) is 11.3. The van der Waals surface area contributed by atoms with Crippen LogP contribution in [0.5, 0.6) is 0 Å². The number of carbonyl (C=O) groups excluding carboxylic acids is 2. The first-order valence-corrected chi connectivity index (χ1v) is 6.47. The van der Waals surface area contributed by atoms with Gasteiger partial charge in [-0.2, -0.15) is 0 Å². The zero-order valence-electron chi connectivity index (χ0n) is 11.3. The van der Waals surface area contributed by atoms with Gasteiger partial charge in [-0.25, -0.2) is 14.5 Å². The van der Waals surface area contributed by atoms with E-state index in [2.05, 4.69) is 0 Å². The van der Waals surface area contributed by atoms with Crippen molar-refractivity contribution in [3.63, 3.8) is 0 Å². The van der Waals surface area contributed by atoms with Gasteiger partial charge in [-0.15, -0.1) is 0 Å². The lowest BCUT2D eigenvalue weighted by Gasteiger charge is -2.32. The number of rotatable bonds is 3. The Morgan fingerprint density at radius 3 is 2.58 bits per heavy atom. The number of imide groups is 1. The number of carboxylic acid groups (broad SMARTS) is 1. The van der Waals surface area contributed by atoms with Crippen LogP contribution in [-0.4, -0.2) is 59.2 Å². The van der Waals surface area contributed by atoms with Crippen LogP contribution in [0, 0.1) is 5.92 Å². The summed E-state index contributed by atoms with van der Waals surface area (Å²) in [5.41, 5.74) is 0. The largest absolute Gasteiger partial charge is 0.465 e. The first-order chi connectivity index (χ1) is 9.01. The quantitative estimate of drug-likeness (QED) is 0.838. The smallest absolute Gasteiger partial charge is 0.416 e. The van der Waals surface area contributed by atoms with E-state index in [9.17, 15) is 14.4 Å². The highest BCUT2D eigenvalue weighted by Gasteiger charge is 2.33. The molecule has 1 unspecified atom stereocenters. The molecule has 0 aromatic heterocycles. The number of piperidine rings is 1. The van der Waals surface area contributed by atoms with Crippen molar-refractivity contribution in [3.8, 4) is 0 Å². The highest BCUT2D eigenvalue weighted by Crippen LogP contribution is 2.19. The van der Waals surface area contributed by atoms with Gasteiger partial charge in [0, 0.05) is 19.6 Å². The second kappa shape index (κ2) is 6.96. The molecule has 0 aromatic rings. The Bertz CT molecular complexity index is 358. The normalized spacial score (nSPS) is 18.8. The molecule has 19 heavy (non-hydrogen) atoms. The third kappa shape index (κ3) is 3.84. The van der Waals surface area contributed by atoms with Crippen molar-refractivity contribution >= 4 is 18.1 Å². The molecule has 3 amide bonds. The summed E-state index contributed by atoms with van der Waals surface area (Å²) >= 11 is 0. The fraction of sp³-hybridized carbons (Fsp3) is 0.750. The average Bonchev–Trinajstić information content (AvgIpc) is 2.39. The van der Waals surface area contributed by atoms with E-state index >= 15 is 0 Å². The number of nitrogens with zero attached hydrogens (tertiary/aromatic N) is 2. The summed E-state index contributed by atoms with van der Waals surface area (Å²) in [5.74, 6) is -0.818. The Morgan fingerprint density at radius 1 is 1.37 bits per heavy atom. The van der Waals surface area contributed by atoms with Crippen LogP contribution >= 0.6 is 0 Å². The Kier molecular flexibility index (Phi) is 5.59. The topological polar surface area (TPSA) is 87.2 Å². The van der Waals surface area contributed by atoms with Gasteiger partial charge >= 0.3 is 12.2 Å². The summed E-state index contributed by atoms with van der Waals surface area (Å²) < 4.78 is 4.82. The van der Waals surface area contributed by atoms with Crippen molar-refractivity contribution in [3.05, 3.63) is 0 Å². The number of hydrogen-bond donors (Lipinski definition) is 1. The van der Waals surface area contributed by atoms with E-state index in [0.29, 0.717) is 19.4 Å². The standard InChI is InChI=1S/C12H20N2O5/c1-3-14(12(18)19-4-2)10(15)9-6-5-7-13(8-9)11(16)17/h9H,3-8H2,1-2H3,(H,16,17). The lowest BCUT2D eigenvalue weighted by molar-refractivity contribution is -0.135. The molecule has 108 valence electrons. The number of carbonyl (C=O) groups is 3. The highest BCUT2D eigenvalue weighted by molar-refractivity contribution is 5.93. The predicted octanol–water partition coefficient (Wildman–Crippen LogP) is 1.38. The average molecular weight is 272 g/mol. The van der Waals surface area contributed by atoms with Crippen LogP contribution in [0.4, 0.5) is 9.59 Å². The van der Waals surface area contributed by atoms with Crippen LogP contribution in [0.15, 0.2) is 0 Å². The molecule has 1 rings (SSSR count). The van der Waals surface area contributed by atoms with Crippen LogP contribution in [0.25, 0.3) is 0 Å². The molecule has 1 fully saturated rings. The predicted molar refractivity (Wildman–Crippen MR) is 66.7 cm³/mol. The summed E-state index contributed by atoms with van der Waals surface area (Å²) in [4.78, 5) is 37.0. The van der Waals surface area contributed by atoms with Gasteiger partial charge < -0.3 is 14.7 Å². The molecule has 7 heteroatoms. The summed E-state index contributed by atoms with van der Waals surface area (Å²) in [6.45, 7) is 4.36. The van der Waals surface area contributed by atoms with E-state index in [4.69, 9.17) is 9.84 Å². The van der Waals surface area contributed by atoms with E-state index in [1.807, 2.05) is 0 Å². The summed E-state index contributed by atoms with van der Waals surface area (Å²) in [6.07, 6.45) is -0.471. The van der Waals surface area contributed by atoms with Gasteiger partial charge in [0.25, 0.3) is 0 Å². The Morgan fingerprint density at radius 2 is 2.05 bits per heavy atom. The molecular formula is C12H20N2O5. The van der Waals surface area contributed by atoms with Crippen molar-refractivity contribution in [1.82, 2.24) is 9.80 Å². The molecule has 0 aromatic carbocycles. The number of ether oxygens (including phenoxy) is 1. The second-order valence-corrected chi connectivity index (χ2v) is 4.35. The fourth-order valence-electron chi connectivity index (χ4n) is 2.15. The van der Waals surface area contributed by atoms with Gasteiger partial charge in [-0.3, -0.25) is 4.79 Å². The first-order valence-electron chi connectivity index (χ1n) is 6.47. The Hall–Kier alpha value is -1.79. The van der Waals surface area contributed by atoms with Gasteiger partial charge in [0.2, 0.25) is 5.91 Å². The SMILES string of the molecule is CCOC(=O)N(CC)C(=O)C1CCCN(C(=O)O)C1. The third-order valence-electron chi connectivity index (χ3n) is 3.11. The zero-order chi connectivity index (χ0) is 14.4. The van der Waals surface area contributed by atoms with Crippen molar-refractivity contribution in [2.75, 3.05) is 26.2 Å². The molecule has 1 saturated heterocycles. The number of likely N-dealkylation sites (tertiary alicyclic amines) is 1. The minimum absolute atomic E-state index is 0.143. The van der Waals surface area contributed by atoms with Crippen LogP contribution in [-0.2, 0) is 9.53 Å². The molecule has 0 aliphatic carbocycles. The minimum Gasteiger partial charge on any atom is -0.465 e. The molecule has 0 bridgehead atoms. The number of amides is 3. The van der Waals surface area contributed by atoms with Gasteiger partial charge in [-0.1, -0.05) is 0 Å². The van der Waals surface area contributed by atoms with Crippen LogP contribution in [0.2, 0.25) is 0 Å². The molecule has 0 spiro atoms. The second-order valence-electron chi connectivity index (χ2n) is 4.35. The molecule has 1 atom stereocenters. The van der Waals surface area contributed by atoms with Crippen molar-refractivity contribution < 1.29 is 24.2 Å². The van der Waals surface area contributed by atoms with Gasteiger partial charge in [0.15, 0.2) is 0 Å². The highest BCUT2D eigenvalue weighted by atomic mass is 16.6. The van der Waals surface area contributed by atoms with Crippen molar-refractivity contribution in [2.24, 2.45) is 5.92 Å². The van der Waals surface area contributed by atoms with E-state index < -0.39 is 18.1 Å². The minimum atomic E-state index is -1.03. The van der Waals surface area contributed by atoms with Gasteiger partial charge in [0.1, 0.15) is 0 Å². The Labute approximate surface area is 112 Å². The van der Waals surface area contributed by atoms with Crippen molar-refractivity contribution in [1.29, 1.82) is 0 Å². The lowest BCUT2D eigenvalue weighted by Crippen LogP contribution is -2.48. The van der Waals surface area contributed by atoms with E-state index in [1.54, 1.807) is 13.8 Å². The van der Waals surface area contributed by atoms with Crippen molar-refractivity contribution in [2.45, 2.75) is 26.7 Å². The fourth-order valence-corrected chi connectivity index (χ4v) is 2.15. The maximum atomic E-state index is 12.2. The maximum absolute atomic E-state index is 12.2. The third-order valence-corrected chi connectivity index (χ3v) is 3.11. The molecule has 1 aliphatic rings. The molecule has 1 N–H and O–H groups in total. The first kappa shape index (κ1) is 15.3.